The largest absolute Gasteiger partial charge is 0.399 e. The number of rotatable bonds is 2. The molecule has 0 spiro atoms. The van der Waals surface area contributed by atoms with Crippen LogP contribution in [0.4, 0.5) is 5.69 Å². The topological polar surface area (TPSA) is 56.7 Å². The minimum atomic E-state index is 0.520. The second-order valence-corrected chi connectivity index (χ2v) is 5.58. The predicted octanol–water partition coefficient (Wildman–Crippen LogP) is 3.28. The van der Waals surface area contributed by atoms with Crippen molar-refractivity contribution in [1.29, 1.82) is 0 Å². The summed E-state index contributed by atoms with van der Waals surface area (Å²) in [7, 11) is 0. The summed E-state index contributed by atoms with van der Waals surface area (Å²) in [5.41, 5.74) is 7.49. The van der Waals surface area contributed by atoms with Crippen molar-refractivity contribution in [2.75, 3.05) is 5.73 Å². The molecule has 0 bridgehead atoms. The van der Waals surface area contributed by atoms with Gasteiger partial charge in [-0.05, 0) is 55.9 Å². The summed E-state index contributed by atoms with van der Waals surface area (Å²) in [5.74, 6) is 1.65. The maximum atomic E-state index is 5.69. The molecule has 0 aliphatic heterocycles. The second kappa shape index (κ2) is 5.03. The van der Waals surface area contributed by atoms with Gasteiger partial charge in [-0.2, -0.15) is 5.10 Å². The Kier molecular flexibility index (Phi) is 3.23. The molecule has 0 saturated heterocycles. The van der Waals surface area contributed by atoms with Crippen molar-refractivity contribution in [1.82, 2.24) is 14.8 Å². The third-order valence-electron chi connectivity index (χ3n) is 4.04. The van der Waals surface area contributed by atoms with E-state index < -0.39 is 0 Å². The van der Waals surface area contributed by atoms with Crippen LogP contribution in [0.1, 0.15) is 38.6 Å². The summed E-state index contributed by atoms with van der Waals surface area (Å²) < 4.78 is 2.04. The van der Waals surface area contributed by atoms with E-state index in [0.29, 0.717) is 6.04 Å². The molecular formula is C15H20N4. The minimum Gasteiger partial charge on any atom is -0.399 e. The van der Waals surface area contributed by atoms with Crippen LogP contribution in [0.15, 0.2) is 30.6 Å². The number of nitrogens with zero attached hydrogens (tertiary/aromatic N) is 3. The molecule has 100 valence electrons. The molecule has 4 heteroatoms. The van der Waals surface area contributed by atoms with Gasteiger partial charge in [-0.1, -0.05) is 6.92 Å². The van der Waals surface area contributed by atoms with Gasteiger partial charge in [0, 0.05) is 11.3 Å². The summed E-state index contributed by atoms with van der Waals surface area (Å²) in [6, 6.07) is 8.23. The lowest BCUT2D eigenvalue weighted by atomic mass is 9.87. The van der Waals surface area contributed by atoms with Gasteiger partial charge in [-0.25, -0.2) is 9.67 Å². The molecule has 4 nitrogen and oxygen atoms in total. The van der Waals surface area contributed by atoms with Gasteiger partial charge in [0.05, 0.1) is 6.04 Å². The fourth-order valence-corrected chi connectivity index (χ4v) is 2.72. The zero-order valence-electron chi connectivity index (χ0n) is 11.3. The molecule has 3 rings (SSSR count). The number of hydrogen-bond acceptors (Lipinski definition) is 3. The molecule has 1 aromatic carbocycles. The fourth-order valence-electron chi connectivity index (χ4n) is 2.72. The second-order valence-electron chi connectivity index (χ2n) is 5.58. The van der Waals surface area contributed by atoms with Gasteiger partial charge in [-0.15, -0.1) is 0 Å². The lowest BCUT2D eigenvalue weighted by molar-refractivity contribution is 0.274. The SMILES string of the molecule is CC1CCC(n2cnc(-c3ccc(N)cc3)n2)CC1. The smallest absolute Gasteiger partial charge is 0.181 e. The normalized spacial score (nSPS) is 23.4. The fraction of sp³-hybridized carbons (Fsp3) is 0.467. The van der Waals surface area contributed by atoms with E-state index in [1.54, 1.807) is 0 Å². The van der Waals surface area contributed by atoms with E-state index >= 15 is 0 Å². The van der Waals surface area contributed by atoms with Crippen LogP contribution in [-0.2, 0) is 0 Å². The molecule has 0 atom stereocenters. The number of anilines is 1. The number of nitrogen functional groups attached to an aromatic ring is 1. The first-order chi connectivity index (χ1) is 9.22. The summed E-state index contributed by atoms with van der Waals surface area (Å²) in [4.78, 5) is 4.42. The molecule has 2 N–H and O–H groups in total. The molecular weight excluding hydrogens is 236 g/mol. The first-order valence-electron chi connectivity index (χ1n) is 6.99. The Bertz CT molecular complexity index is 536. The molecule has 0 amide bonds. The molecule has 1 saturated carbocycles. The predicted molar refractivity (Wildman–Crippen MR) is 76.5 cm³/mol. The van der Waals surface area contributed by atoms with Crippen molar-refractivity contribution >= 4 is 5.69 Å². The van der Waals surface area contributed by atoms with Gasteiger partial charge in [0.2, 0.25) is 0 Å². The quantitative estimate of drug-likeness (QED) is 0.839. The van der Waals surface area contributed by atoms with E-state index in [4.69, 9.17) is 5.73 Å². The number of aromatic nitrogens is 3. The van der Waals surface area contributed by atoms with Crippen LogP contribution in [-0.4, -0.2) is 14.8 Å². The molecule has 0 unspecified atom stereocenters. The van der Waals surface area contributed by atoms with Gasteiger partial charge in [0.1, 0.15) is 6.33 Å². The molecule has 1 aromatic heterocycles. The van der Waals surface area contributed by atoms with E-state index in [1.165, 1.54) is 25.7 Å². The van der Waals surface area contributed by atoms with Gasteiger partial charge in [-0.3, -0.25) is 0 Å². The first kappa shape index (κ1) is 12.2. The van der Waals surface area contributed by atoms with E-state index in [-0.39, 0.29) is 0 Å². The van der Waals surface area contributed by atoms with Gasteiger partial charge in [0.25, 0.3) is 0 Å². The third-order valence-corrected chi connectivity index (χ3v) is 4.04. The maximum Gasteiger partial charge on any atom is 0.181 e. The van der Waals surface area contributed by atoms with Crippen molar-refractivity contribution < 1.29 is 0 Å². The Morgan fingerprint density at radius 3 is 2.47 bits per heavy atom. The molecule has 0 radical (unpaired) electrons. The minimum absolute atomic E-state index is 0.520. The Labute approximate surface area is 113 Å². The summed E-state index contributed by atoms with van der Waals surface area (Å²) in [6.07, 6.45) is 6.88. The van der Waals surface area contributed by atoms with Crippen molar-refractivity contribution in [2.24, 2.45) is 5.92 Å². The van der Waals surface area contributed by atoms with E-state index in [9.17, 15) is 0 Å². The van der Waals surface area contributed by atoms with Gasteiger partial charge >= 0.3 is 0 Å². The monoisotopic (exact) mass is 256 g/mol. The van der Waals surface area contributed by atoms with Crippen molar-refractivity contribution in [3.05, 3.63) is 30.6 Å². The number of benzene rings is 1. The van der Waals surface area contributed by atoms with E-state index in [0.717, 1.165) is 23.0 Å². The van der Waals surface area contributed by atoms with Gasteiger partial charge < -0.3 is 5.73 Å². The Morgan fingerprint density at radius 2 is 1.79 bits per heavy atom. The average molecular weight is 256 g/mol. The van der Waals surface area contributed by atoms with Crippen LogP contribution in [0.3, 0.4) is 0 Å². The van der Waals surface area contributed by atoms with Gasteiger partial charge in [0.15, 0.2) is 5.82 Å². The Hall–Kier alpha value is -1.84. The number of nitrogens with two attached hydrogens (primary N) is 1. The Morgan fingerprint density at radius 1 is 1.11 bits per heavy atom. The average Bonchev–Trinajstić information content (AvgIpc) is 2.90. The zero-order valence-corrected chi connectivity index (χ0v) is 11.3. The van der Waals surface area contributed by atoms with Crippen LogP contribution < -0.4 is 5.73 Å². The lowest BCUT2D eigenvalue weighted by Crippen LogP contribution is -2.17. The standard InChI is InChI=1S/C15H20N4/c1-11-2-8-14(9-3-11)19-10-17-15(18-19)12-4-6-13(16)7-5-12/h4-7,10-11,14H,2-3,8-9,16H2,1H3. The maximum absolute atomic E-state index is 5.69. The van der Waals surface area contributed by atoms with Crippen LogP contribution in [0.2, 0.25) is 0 Å². The highest BCUT2D eigenvalue weighted by atomic mass is 15.3. The molecule has 2 aromatic rings. The molecule has 1 fully saturated rings. The highest BCUT2D eigenvalue weighted by molar-refractivity contribution is 5.57. The summed E-state index contributed by atoms with van der Waals surface area (Å²) in [5, 5.41) is 4.62. The van der Waals surface area contributed by atoms with Crippen LogP contribution in [0.25, 0.3) is 11.4 Å². The molecule has 19 heavy (non-hydrogen) atoms. The molecule has 1 aliphatic carbocycles. The van der Waals surface area contributed by atoms with Crippen LogP contribution in [0.5, 0.6) is 0 Å². The Balaban J connectivity index is 1.77. The number of hydrogen-bond donors (Lipinski definition) is 1. The molecule has 1 heterocycles. The summed E-state index contributed by atoms with van der Waals surface area (Å²) in [6.45, 7) is 2.33. The van der Waals surface area contributed by atoms with Crippen LogP contribution in [0, 0.1) is 5.92 Å². The van der Waals surface area contributed by atoms with Crippen LogP contribution >= 0.6 is 0 Å². The first-order valence-corrected chi connectivity index (χ1v) is 6.99. The van der Waals surface area contributed by atoms with E-state index in [2.05, 4.69) is 17.0 Å². The lowest BCUT2D eigenvalue weighted by Gasteiger charge is -2.25. The van der Waals surface area contributed by atoms with Crippen molar-refractivity contribution in [2.45, 2.75) is 38.6 Å². The van der Waals surface area contributed by atoms with Crippen molar-refractivity contribution in [3.63, 3.8) is 0 Å². The zero-order chi connectivity index (χ0) is 13.2. The summed E-state index contributed by atoms with van der Waals surface area (Å²) >= 11 is 0. The van der Waals surface area contributed by atoms with E-state index in [1.807, 2.05) is 35.3 Å². The highest BCUT2D eigenvalue weighted by Gasteiger charge is 2.20. The molecule has 1 aliphatic rings. The highest BCUT2D eigenvalue weighted by Crippen LogP contribution is 2.31. The third kappa shape index (κ3) is 2.62. The van der Waals surface area contributed by atoms with Crippen molar-refractivity contribution in [3.8, 4) is 11.4 Å².